The average molecular weight is 232 g/mol. The Bertz CT molecular complexity index is 617. The molecule has 0 radical (unpaired) electrons. The van der Waals surface area contributed by atoms with Crippen LogP contribution in [0.2, 0.25) is 0 Å². The van der Waals surface area contributed by atoms with Crippen molar-refractivity contribution < 1.29 is 0 Å². The normalized spacial score (nSPS) is 10.8. The van der Waals surface area contributed by atoms with E-state index >= 15 is 0 Å². The molecule has 0 spiro atoms. The van der Waals surface area contributed by atoms with Crippen molar-refractivity contribution in [1.29, 1.82) is 0 Å². The highest BCUT2D eigenvalue weighted by atomic mass is 16.1. The van der Waals surface area contributed by atoms with Crippen molar-refractivity contribution in [2.75, 3.05) is 5.73 Å². The van der Waals surface area contributed by atoms with E-state index in [1.165, 1.54) is 0 Å². The van der Waals surface area contributed by atoms with Gasteiger partial charge in [-0.05, 0) is 25.5 Å². The minimum Gasteiger partial charge on any atom is -0.384 e. The zero-order valence-electron chi connectivity index (χ0n) is 10.5. The summed E-state index contributed by atoms with van der Waals surface area (Å²) in [5, 5.41) is 4.30. The number of hydrogen-bond acceptors (Lipinski definition) is 3. The summed E-state index contributed by atoms with van der Waals surface area (Å²) in [5.74, 6) is 0.576. The monoisotopic (exact) mass is 232 g/mol. The van der Waals surface area contributed by atoms with Crippen LogP contribution in [0.5, 0.6) is 0 Å². The molecule has 2 N–H and O–H groups in total. The molecule has 0 aromatic carbocycles. The van der Waals surface area contributed by atoms with Gasteiger partial charge in [0.1, 0.15) is 11.5 Å². The van der Waals surface area contributed by atoms with Crippen LogP contribution in [0.25, 0.3) is 11.4 Å². The molecule has 2 aromatic heterocycles. The molecular formula is C12H16N4O. The van der Waals surface area contributed by atoms with E-state index in [0.717, 1.165) is 22.5 Å². The van der Waals surface area contributed by atoms with Gasteiger partial charge in [0.05, 0.1) is 5.69 Å². The van der Waals surface area contributed by atoms with E-state index in [1.54, 1.807) is 29.4 Å². The summed E-state index contributed by atoms with van der Waals surface area (Å²) in [6.07, 6.45) is 0. The number of rotatable bonds is 1. The second kappa shape index (κ2) is 3.76. The fourth-order valence-electron chi connectivity index (χ4n) is 2.06. The van der Waals surface area contributed by atoms with E-state index in [9.17, 15) is 4.79 Å². The molecule has 0 aliphatic rings. The van der Waals surface area contributed by atoms with Crippen LogP contribution in [-0.4, -0.2) is 14.3 Å². The zero-order valence-corrected chi connectivity index (χ0v) is 10.5. The summed E-state index contributed by atoms with van der Waals surface area (Å²) in [6.45, 7) is 3.78. The van der Waals surface area contributed by atoms with E-state index in [1.807, 2.05) is 19.9 Å². The first-order chi connectivity index (χ1) is 7.91. The molecule has 17 heavy (non-hydrogen) atoms. The Balaban J connectivity index is 2.76. The van der Waals surface area contributed by atoms with Crippen LogP contribution >= 0.6 is 0 Å². The van der Waals surface area contributed by atoms with Crippen molar-refractivity contribution in [1.82, 2.24) is 14.3 Å². The second-order valence-electron chi connectivity index (χ2n) is 4.30. The molecule has 5 heteroatoms. The lowest BCUT2D eigenvalue weighted by molar-refractivity contribution is 0.772. The van der Waals surface area contributed by atoms with Gasteiger partial charge in [-0.1, -0.05) is 0 Å². The van der Waals surface area contributed by atoms with Crippen LogP contribution < -0.4 is 11.3 Å². The molecule has 90 valence electrons. The molecule has 0 amide bonds. The van der Waals surface area contributed by atoms with E-state index < -0.39 is 0 Å². The summed E-state index contributed by atoms with van der Waals surface area (Å²) >= 11 is 0. The van der Waals surface area contributed by atoms with Gasteiger partial charge in [0, 0.05) is 25.7 Å². The van der Waals surface area contributed by atoms with Crippen LogP contribution in [0.1, 0.15) is 11.1 Å². The average Bonchev–Trinajstić information content (AvgIpc) is 2.56. The molecule has 2 aromatic rings. The maximum absolute atomic E-state index is 11.9. The largest absolute Gasteiger partial charge is 0.384 e. The molecule has 0 bridgehead atoms. The van der Waals surface area contributed by atoms with Gasteiger partial charge < -0.3 is 10.3 Å². The predicted octanol–water partition coefficient (Wildman–Crippen LogP) is 0.985. The zero-order chi connectivity index (χ0) is 12.7. The van der Waals surface area contributed by atoms with Crippen LogP contribution in [0.4, 0.5) is 5.82 Å². The summed E-state index contributed by atoms with van der Waals surface area (Å²) in [7, 11) is 3.53. The van der Waals surface area contributed by atoms with E-state index in [2.05, 4.69) is 5.10 Å². The van der Waals surface area contributed by atoms with Crippen molar-refractivity contribution in [3.63, 3.8) is 0 Å². The molecule has 2 rings (SSSR count). The molecule has 0 aliphatic carbocycles. The van der Waals surface area contributed by atoms with Gasteiger partial charge in [0.2, 0.25) is 0 Å². The Labute approximate surface area is 99.5 Å². The van der Waals surface area contributed by atoms with Gasteiger partial charge in [-0.2, -0.15) is 5.10 Å². The number of aryl methyl sites for hydroxylation is 3. The number of nitrogens with two attached hydrogens (primary N) is 1. The Kier molecular flexibility index (Phi) is 2.53. The molecule has 0 saturated carbocycles. The lowest BCUT2D eigenvalue weighted by Gasteiger charge is -2.10. The summed E-state index contributed by atoms with van der Waals surface area (Å²) in [5.41, 5.74) is 9.04. The van der Waals surface area contributed by atoms with Gasteiger partial charge >= 0.3 is 0 Å². The van der Waals surface area contributed by atoms with Gasteiger partial charge in [-0.15, -0.1) is 0 Å². The van der Waals surface area contributed by atoms with Gasteiger partial charge in [0.25, 0.3) is 5.56 Å². The number of anilines is 1. The topological polar surface area (TPSA) is 65.8 Å². The maximum atomic E-state index is 11.9. The van der Waals surface area contributed by atoms with Gasteiger partial charge in [0.15, 0.2) is 0 Å². The summed E-state index contributed by atoms with van der Waals surface area (Å²) < 4.78 is 3.21. The van der Waals surface area contributed by atoms with Crippen molar-refractivity contribution in [3.05, 3.63) is 33.6 Å². The molecular weight excluding hydrogens is 216 g/mol. The number of pyridine rings is 1. The maximum Gasteiger partial charge on any atom is 0.253 e. The number of nitrogens with zero attached hydrogens (tertiary/aromatic N) is 3. The Hall–Kier alpha value is -2.04. The first kappa shape index (κ1) is 11.4. The predicted molar refractivity (Wildman–Crippen MR) is 67.8 cm³/mol. The molecule has 5 nitrogen and oxygen atoms in total. The van der Waals surface area contributed by atoms with Crippen molar-refractivity contribution in [2.45, 2.75) is 13.8 Å². The summed E-state index contributed by atoms with van der Waals surface area (Å²) in [4.78, 5) is 11.9. The quantitative estimate of drug-likeness (QED) is 0.797. The minimum atomic E-state index is -0.00479. The molecule has 0 saturated heterocycles. The first-order valence-corrected chi connectivity index (χ1v) is 5.39. The molecule has 0 fully saturated rings. The molecule has 0 unspecified atom stereocenters. The van der Waals surface area contributed by atoms with Crippen molar-refractivity contribution >= 4 is 5.82 Å². The van der Waals surface area contributed by atoms with E-state index in [-0.39, 0.29) is 5.56 Å². The van der Waals surface area contributed by atoms with Gasteiger partial charge in [-0.25, -0.2) is 0 Å². The summed E-state index contributed by atoms with van der Waals surface area (Å²) in [6, 6.07) is 3.65. The minimum absolute atomic E-state index is 0.00479. The third-order valence-electron chi connectivity index (χ3n) is 2.94. The highest BCUT2D eigenvalue weighted by molar-refractivity contribution is 5.62. The highest BCUT2D eigenvalue weighted by Crippen LogP contribution is 2.22. The van der Waals surface area contributed by atoms with Crippen LogP contribution in [0, 0.1) is 13.8 Å². The number of aromatic nitrogens is 3. The van der Waals surface area contributed by atoms with Crippen molar-refractivity contribution in [3.8, 4) is 11.4 Å². The fraction of sp³-hybridized carbons (Fsp3) is 0.333. The van der Waals surface area contributed by atoms with E-state index in [0.29, 0.717) is 5.82 Å². The smallest absolute Gasteiger partial charge is 0.253 e. The van der Waals surface area contributed by atoms with Crippen LogP contribution in [0.3, 0.4) is 0 Å². The lowest BCUT2D eigenvalue weighted by atomic mass is 10.1. The Morgan fingerprint density at radius 2 is 1.82 bits per heavy atom. The second-order valence-corrected chi connectivity index (χ2v) is 4.30. The van der Waals surface area contributed by atoms with Crippen LogP contribution in [0.15, 0.2) is 16.9 Å². The van der Waals surface area contributed by atoms with Crippen molar-refractivity contribution in [2.24, 2.45) is 14.1 Å². The Morgan fingerprint density at radius 3 is 2.35 bits per heavy atom. The first-order valence-electron chi connectivity index (χ1n) is 5.39. The fourth-order valence-corrected chi connectivity index (χ4v) is 2.06. The standard InChI is InChI=1S/C12H16N4O/c1-7-5-8(2)12(17)15(3)11(7)9-6-10(13)16(4)14-9/h5-6H,13H2,1-4H3. The number of hydrogen-bond donors (Lipinski definition) is 1. The van der Waals surface area contributed by atoms with E-state index in [4.69, 9.17) is 5.73 Å². The SMILES string of the molecule is Cc1cc(C)c(=O)n(C)c1-c1cc(N)n(C)n1. The third kappa shape index (κ3) is 1.73. The molecule has 2 heterocycles. The molecule has 0 atom stereocenters. The lowest BCUT2D eigenvalue weighted by Crippen LogP contribution is -2.21. The Morgan fingerprint density at radius 1 is 1.18 bits per heavy atom. The third-order valence-corrected chi connectivity index (χ3v) is 2.94. The van der Waals surface area contributed by atoms with Gasteiger partial charge in [-0.3, -0.25) is 9.48 Å². The number of nitrogen functional groups attached to an aromatic ring is 1. The molecule has 0 aliphatic heterocycles. The van der Waals surface area contributed by atoms with Crippen LogP contribution in [-0.2, 0) is 14.1 Å². The highest BCUT2D eigenvalue weighted by Gasteiger charge is 2.13.